The maximum absolute atomic E-state index is 11.7. The van der Waals surface area contributed by atoms with Crippen LogP contribution < -0.4 is 4.74 Å². The van der Waals surface area contributed by atoms with Crippen LogP contribution in [0.3, 0.4) is 0 Å². The molecule has 1 fully saturated rings. The van der Waals surface area contributed by atoms with E-state index in [1.807, 2.05) is 0 Å². The standard InChI is InChI=1S/C14H14O5/c1-2-8(15)6-3-4-9-12(13(6)16)10-7(5-19-9)11(10)14(17)18/h3-4,7,10-11,16H,2,5H2,1H3,(H,17,18)/t7-,10-,11?/m0/s1. The average molecular weight is 262 g/mol. The number of rotatable bonds is 3. The molecule has 1 aliphatic carbocycles. The lowest BCUT2D eigenvalue weighted by Crippen LogP contribution is -2.10. The van der Waals surface area contributed by atoms with Crippen molar-refractivity contribution in [2.45, 2.75) is 19.3 Å². The van der Waals surface area contributed by atoms with Crippen LogP contribution >= 0.6 is 0 Å². The van der Waals surface area contributed by atoms with E-state index < -0.39 is 11.9 Å². The molecule has 0 radical (unpaired) electrons. The molecule has 3 atom stereocenters. The quantitative estimate of drug-likeness (QED) is 0.811. The average Bonchev–Trinajstić information content (AvgIpc) is 3.12. The molecule has 0 aromatic heterocycles. The number of ether oxygens (including phenoxy) is 1. The summed E-state index contributed by atoms with van der Waals surface area (Å²) < 4.78 is 5.47. The summed E-state index contributed by atoms with van der Waals surface area (Å²) in [6.07, 6.45) is 0.295. The Labute approximate surface area is 109 Å². The largest absolute Gasteiger partial charge is 0.507 e. The number of phenolic OH excluding ortho intramolecular Hbond substituents is 1. The highest BCUT2D eigenvalue weighted by molar-refractivity contribution is 5.99. The monoisotopic (exact) mass is 262 g/mol. The van der Waals surface area contributed by atoms with Gasteiger partial charge in [-0.3, -0.25) is 9.59 Å². The molecule has 5 nitrogen and oxygen atoms in total. The minimum Gasteiger partial charge on any atom is -0.507 e. The van der Waals surface area contributed by atoms with Gasteiger partial charge >= 0.3 is 5.97 Å². The van der Waals surface area contributed by atoms with Crippen LogP contribution in [0.1, 0.15) is 35.2 Å². The van der Waals surface area contributed by atoms with Gasteiger partial charge < -0.3 is 14.9 Å². The molecule has 2 N–H and O–H groups in total. The van der Waals surface area contributed by atoms with E-state index in [9.17, 15) is 14.7 Å². The third-order valence-electron chi connectivity index (χ3n) is 4.02. The fourth-order valence-corrected chi connectivity index (χ4v) is 2.95. The van der Waals surface area contributed by atoms with Crippen LogP contribution in [0.25, 0.3) is 0 Å². The molecular formula is C14H14O5. The number of carboxylic acids is 1. The van der Waals surface area contributed by atoms with Crippen molar-refractivity contribution in [3.8, 4) is 11.5 Å². The molecule has 1 aliphatic heterocycles. The third kappa shape index (κ3) is 1.61. The summed E-state index contributed by atoms with van der Waals surface area (Å²) in [4.78, 5) is 22.9. The normalized spacial score (nSPS) is 26.9. The Morgan fingerprint density at radius 2 is 2.16 bits per heavy atom. The fraction of sp³-hybridized carbons (Fsp3) is 0.429. The molecule has 1 unspecified atom stereocenters. The number of aliphatic carboxylic acids is 1. The van der Waals surface area contributed by atoms with Crippen molar-refractivity contribution in [2.24, 2.45) is 11.8 Å². The van der Waals surface area contributed by atoms with Crippen molar-refractivity contribution in [1.82, 2.24) is 0 Å². The maximum atomic E-state index is 11.7. The number of carbonyl (C=O) groups is 2. The Bertz CT molecular complexity index is 577. The van der Waals surface area contributed by atoms with Crippen molar-refractivity contribution >= 4 is 11.8 Å². The van der Waals surface area contributed by atoms with Crippen LogP contribution in [0.4, 0.5) is 0 Å². The first kappa shape index (κ1) is 12.0. The third-order valence-corrected chi connectivity index (χ3v) is 4.02. The lowest BCUT2D eigenvalue weighted by Gasteiger charge is -2.18. The van der Waals surface area contributed by atoms with Gasteiger partial charge in [0.15, 0.2) is 5.78 Å². The van der Waals surface area contributed by atoms with Gasteiger partial charge in [-0.1, -0.05) is 6.92 Å². The molecule has 0 saturated heterocycles. The second kappa shape index (κ2) is 3.98. The molecule has 19 heavy (non-hydrogen) atoms. The van der Waals surface area contributed by atoms with E-state index in [1.165, 1.54) is 0 Å². The van der Waals surface area contributed by atoms with Gasteiger partial charge in [-0.05, 0) is 12.1 Å². The Hall–Kier alpha value is -2.04. The number of carboxylic acid groups (broad SMARTS) is 1. The molecule has 5 heteroatoms. The number of hydrogen-bond acceptors (Lipinski definition) is 4. The van der Waals surface area contributed by atoms with E-state index in [0.717, 1.165) is 0 Å². The number of phenols is 1. The lowest BCUT2D eigenvalue weighted by molar-refractivity contribution is -0.139. The van der Waals surface area contributed by atoms with Crippen molar-refractivity contribution in [2.75, 3.05) is 6.61 Å². The van der Waals surface area contributed by atoms with Gasteiger partial charge in [-0.25, -0.2) is 0 Å². The number of carbonyl (C=O) groups excluding carboxylic acids is 1. The predicted molar refractivity (Wildman–Crippen MR) is 65.6 cm³/mol. The minimum atomic E-state index is -0.877. The smallest absolute Gasteiger partial charge is 0.307 e. The van der Waals surface area contributed by atoms with Gasteiger partial charge in [-0.2, -0.15) is 0 Å². The zero-order valence-electron chi connectivity index (χ0n) is 10.4. The van der Waals surface area contributed by atoms with Crippen LogP contribution in [0.2, 0.25) is 0 Å². The van der Waals surface area contributed by atoms with E-state index >= 15 is 0 Å². The van der Waals surface area contributed by atoms with E-state index in [4.69, 9.17) is 9.84 Å². The van der Waals surface area contributed by atoms with Crippen LogP contribution in [0.15, 0.2) is 12.1 Å². The van der Waals surface area contributed by atoms with Gasteiger partial charge in [-0.15, -0.1) is 0 Å². The first-order valence-electron chi connectivity index (χ1n) is 6.31. The molecular weight excluding hydrogens is 248 g/mol. The van der Waals surface area contributed by atoms with Crippen LogP contribution in [-0.4, -0.2) is 28.6 Å². The molecule has 0 amide bonds. The first-order valence-corrected chi connectivity index (χ1v) is 6.31. The van der Waals surface area contributed by atoms with E-state index in [0.29, 0.717) is 24.3 Å². The van der Waals surface area contributed by atoms with Gasteiger partial charge in [0.25, 0.3) is 0 Å². The molecule has 1 saturated carbocycles. The number of benzene rings is 1. The summed E-state index contributed by atoms with van der Waals surface area (Å²) in [6.45, 7) is 2.08. The van der Waals surface area contributed by atoms with Gasteiger partial charge in [0.2, 0.25) is 0 Å². The second-order valence-corrected chi connectivity index (χ2v) is 5.01. The topological polar surface area (TPSA) is 83.8 Å². The van der Waals surface area contributed by atoms with Crippen molar-refractivity contribution in [3.63, 3.8) is 0 Å². The second-order valence-electron chi connectivity index (χ2n) is 5.01. The molecule has 1 aromatic carbocycles. The molecule has 2 aliphatic rings. The number of Topliss-reactive ketones (excluding diaryl/α,β-unsaturated/α-hetero) is 1. The number of hydrogen-bond donors (Lipinski definition) is 2. The highest BCUT2D eigenvalue weighted by Crippen LogP contribution is 2.61. The van der Waals surface area contributed by atoms with Crippen LogP contribution in [-0.2, 0) is 4.79 Å². The first-order chi connectivity index (χ1) is 9.06. The Kier molecular flexibility index (Phi) is 2.52. The van der Waals surface area contributed by atoms with Crippen LogP contribution in [0, 0.1) is 11.8 Å². The highest BCUT2D eigenvalue weighted by atomic mass is 16.5. The summed E-state index contributed by atoms with van der Waals surface area (Å²) in [5, 5.41) is 19.4. The van der Waals surface area contributed by atoms with Crippen molar-refractivity contribution in [3.05, 3.63) is 23.3 Å². The molecule has 1 heterocycles. The van der Waals surface area contributed by atoms with Crippen LogP contribution in [0.5, 0.6) is 11.5 Å². The number of ketones is 1. The highest BCUT2D eigenvalue weighted by Gasteiger charge is 2.60. The molecule has 0 spiro atoms. The summed E-state index contributed by atoms with van der Waals surface area (Å²) >= 11 is 0. The molecule has 1 aromatic rings. The lowest BCUT2D eigenvalue weighted by atomic mass is 9.97. The zero-order chi connectivity index (χ0) is 13.7. The van der Waals surface area contributed by atoms with Gasteiger partial charge in [0, 0.05) is 23.8 Å². The summed E-state index contributed by atoms with van der Waals surface area (Å²) in [5.41, 5.74) is 0.740. The maximum Gasteiger partial charge on any atom is 0.307 e. The Morgan fingerprint density at radius 3 is 2.79 bits per heavy atom. The summed E-state index contributed by atoms with van der Waals surface area (Å²) in [5.74, 6) is -1.49. The SMILES string of the molecule is CCC(=O)c1ccc2c(c1O)[C@@H]1C(C(=O)O)[C@H]1CO2. The molecule has 0 bridgehead atoms. The minimum absolute atomic E-state index is 0.0946. The van der Waals surface area contributed by atoms with E-state index in [1.54, 1.807) is 19.1 Å². The fourth-order valence-electron chi connectivity index (χ4n) is 2.95. The van der Waals surface area contributed by atoms with Gasteiger partial charge in [0.05, 0.1) is 18.1 Å². The summed E-state index contributed by atoms with van der Waals surface area (Å²) in [6, 6.07) is 3.18. The van der Waals surface area contributed by atoms with Crippen molar-refractivity contribution in [1.29, 1.82) is 0 Å². The number of fused-ring (bicyclic) bond motifs is 3. The number of aromatic hydroxyl groups is 1. The Morgan fingerprint density at radius 1 is 1.42 bits per heavy atom. The molecule has 100 valence electrons. The Balaban J connectivity index is 2.07. The van der Waals surface area contributed by atoms with Gasteiger partial charge in [0.1, 0.15) is 11.5 Å². The van der Waals surface area contributed by atoms with E-state index in [2.05, 4.69) is 0 Å². The zero-order valence-corrected chi connectivity index (χ0v) is 10.4. The van der Waals surface area contributed by atoms with Crippen molar-refractivity contribution < 1.29 is 24.5 Å². The molecule has 3 rings (SSSR count). The summed E-state index contributed by atoms with van der Waals surface area (Å²) in [7, 11) is 0. The van der Waals surface area contributed by atoms with E-state index in [-0.39, 0.29) is 28.9 Å². The predicted octanol–water partition coefficient (Wildman–Crippen LogP) is 1.79.